The molecule has 1 aromatic heterocycles. The van der Waals surface area contributed by atoms with E-state index in [0.717, 1.165) is 23.3 Å². The van der Waals surface area contributed by atoms with Gasteiger partial charge >= 0.3 is 0 Å². The first kappa shape index (κ1) is 11.8. The van der Waals surface area contributed by atoms with Crippen molar-refractivity contribution in [3.63, 3.8) is 0 Å². The van der Waals surface area contributed by atoms with Gasteiger partial charge in [0.2, 0.25) is 0 Å². The number of benzene rings is 1. The molecule has 0 amide bonds. The number of nitrogens with one attached hydrogen (secondary N) is 1. The second-order valence-electron chi connectivity index (χ2n) is 4.29. The van der Waals surface area contributed by atoms with Crippen LogP contribution in [0.25, 0.3) is 10.4 Å². The average molecular weight is 277 g/mol. The zero-order chi connectivity index (χ0) is 12.5. The molecule has 0 saturated carbocycles. The molecule has 1 N–H and O–H groups in total. The number of aliphatic imine (C=N–C) groups is 1. The molecule has 1 aliphatic rings. The van der Waals surface area contributed by atoms with Gasteiger partial charge in [-0.25, -0.2) is 0 Å². The van der Waals surface area contributed by atoms with Crippen LogP contribution >= 0.6 is 22.9 Å². The fourth-order valence-electron chi connectivity index (χ4n) is 2.08. The highest BCUT2D eigenvalue weighted by molar-refractivity contribution is 7.19. The van der Waals surface area contributed by atoms with Crippen LogP contribution < -0.4 is 5.32 Å². The van der Waals surface area contributed by atoms with Gasteiger partial charge in [0.15, 0.2) is 0 Å². The van der Waals surface area contributed by atoms with Crippen LogP contribution in [-0.4, -0.2) is 18.9 Å². The lowest BCUT2D eigenvalue weighted by molar-refractivity contribution is 0.959. The maximum absolute atomic E-state index is 5.99. The van der Waals surface area contributed by atoms with Gasteiger partial charge in [0.05, 0.1) is 10.9 Å². The minimum absolute atomic E-state index is 0.823. The smallest absolute Gasteiger partial charge is 0.128 e. The van der Waals surface area contributed by atoms with Crippen molar-refractivity contribution < 1.29 is 0 Å². The van der Waals surface area contributed by atoms with E-state index in [2.05, 4.69) is 41.5 Å². The Morgan fingerprint density at radius 1 is 1.28 bits per heavy atom. The van der Waals surface area contributed by atoms with E-state index in [9.17, 15) is 0 Å². The highest BCUT2D eigenvalue weighted by atomic mass is 35.5. The molecule has 2 nitrogen and oxygen atoms in total. The number of thiophene rings is 1. The summed E-state index contributed by atoms with van der Waals surface area (Å²) in [6, 6.07) is 10.5. The molecule has 92 valence electrons. The summed E-state index contributed by atoms with van der Waals surface area (Å²) >= 11 is 7.59. The van der Waals surface area contributed by atoms with Crippen molar-refractivity contribution in [1.82, 2.24) is 5.32 Å². The fourth-order valence-corrected chi connectivity index (χ4v) is 3.12. The molecule has 0 unspecified atom stereocenters. The lowest BCUT2D eigenvalue weighted by Gasteiger charge is -2.08. The molecule has 0 radical (unpaired) electrons. The first-order valence-corrected chi connectivity index (χ1v) is 7.08. The molecule has 2 aromatic rings. The number of halogens is 1. The Balaban J connectivity index is 2.05. The predicted molar refractivity (Wildman–Crippen MR) is 78.9 cm³/mol. The topological polar surface area (TPSA) is 24.4 Å². The SMILES string of the molecule is Cc1ccc(-c2ccc(Cl)s2)cc1C1=NCCN1. The minimum atomic E-state index is 0.823. The van der Waals surface area contributed by atoms with E-state index in [1.54, 1.807) is 11.3 Å². The summed E-state index contributed by atoms with van der Waals surface area (Å²) in [5, 5.41) is 3.32. The van der Waals surface area contributed by atoms with Gasteiger partial charge in [-0.1, -0.05) is 23.7 Å². The third-order valence-electron chi connectivity index (χ3n) is 3.02. The summed E-state index contributed by atoms with van der Waals surface area (Å²) in [6.07, 6.45) is 0. The van der Waals surface area contributed by atoms with Gasteiger partial charge in [0.25, 0.3) is 0 Å². The summed E-state index contributed by atoms with van der Waals surface area (Å²) in [6.45, 7) is 3.91. The quantitative estimate of drug-likeness (QED) is 0.888. The van der Waals surface area contributed by atoms with Crippen LogP contribution in [0.2, 0.25) is 4.34 Å². The van der Waals surface area contributed by atoms with Crippen LogP contribution in [0, 0.1) is 6.92 Å². The highest BCUT2D eigenvalue weighted by Gasteiger charge is 2.12. The largest absolute Gasteiger partial charge is 0.368 e. The zero-order valence-corrected chi connectivity index (χ0v) is 11.6. The van der Waals surface area contributed by atoms with Crippen LogP contribution in [0.15, 0.2) is 35.3 Å². The van der Waals surface area contributed by atoms with Gasteiger partial charge in [-0.2, -0.15) is 0 Å². The first-order chi connectivity index (χ1) is 8.74. The normalized spacial score (nSPS) is 14.4. The lowest BCUT2D eigenvalue weighted by atomic mass is 10.0. The number of rotatable bonds is 2. The maximum Gasteiger partial charge on any atom is 0.128 e. The van der Waals surface area contributed by atoms with Gasteiger partial charge < -0.3 is 5.32 Å². The van der Waals surface area contributed by atoms with Crippen LogP contribution in [0.1, 0.15) is 11.1 Å². The molecule has 2 heterocycles. The number of hydrogen-bond donors (Lipinski definition) is 1. The minimum Gasteiger partial charge on any atom is -0.368 e. The number of amidine groups is 1. The molecular formula is C14H13ClN2S. The van der Waals surface area contributed by atoms with Crippen molar-refractivity contribution in [2.75, 3.05) is 13.1 Å². The van der Waals surface area contributed by atoms with Crippen molar-refractivity contribution in [2.24, 2.45) is 4.99 Å². The Morgan fingerprint density at radius 2 is 2.17 bits per heavy atom. The summed E-state index contributed by atoms with van der Waals surface area (Å²) < 4.78 is 0.823. The van der Waals surface area contributed by atoms with E-state index in [4.69, 9.17) is 11.6 Å². The molecule has 0 atom stereocenters. The summed E-state index contributed by atoms with van der Waals surface area (Å²) in [7, 11) is 0. The molecule has 4 heteroatoms. The maximum atomic E-state index is 5.99. The Kier molecular flexibility index (Phi) is 3.10. The van der Waals surface area contributed by atoms with Gasteiger partial charge in [0.1, 0.15) is 5.84 Å². The Morgan fingerprint density at radius 3 is 2.83 bits per heavy atom. The predicted octanol–water partition coefficient (Wildman–Crippen LogP) is 3.73. The zero-order valence-electron chi connectivity index (χ0n) is 10.0. The fraction of sp³-hybridized carbons (Fsp3) is 0.214. The average Bonchev–Trinajstić information content (AvgIpc) is 3.01. The van der Waals surface area contributed by atoms with E-state index < -0.39 is 0 Å². The van der Waals surface area contributed by atoms with Crippen LogP contribution in [0.5, 0.6) is 0 Å². The monoisotopic (exact) mass is 276 g/mol. The third kappa shape index (κ3) is 2.16. The van der Waals surface area contributed by atoms with Gasteiger partial charge in [-0.15, -0.1) is 11.3 Å². The lowest BCUT2D eigenvalue weighted by Crippen LogP contribution is -2.20. The van der Waals surface area contributed by atoms with Crippen molar-refractivity contribution in [3.05, 3.63) is 45.8 Å². The first-order valence-electron chi connectivity index (χ1n) is 5.89. The van der Waals surface area contributed by atoms with Crippen LogP contribution in [0.4, 0.5) is 0 Å². The molecule has 0 bridgehead atoms. The Labute approximate surface area is 115 Å². The van der Waals surface area contributed by atoms with Crippen molar-refractivity contribution in [2.45, 2.75) is 6.92 Å². The van der Waals surface area contributed by atoms with Crippen molar-refractivity contribution in [3.8, 4) is 10.4 Å². The summed E-state index contributed by atoms with van der Waals surface area (Å²) in [5.74, 6) is 1.01. The molecule has 0 spiro atoms. The van der Waals surface area contributed by atoms with E-state index in [1.165, 1.54) is 21.6 Å². The molecule has 3 rings (SSSR count). The molecule has 0 saturated heterocycles. The Hall–Kier alpha value is -1.32. The summed E-state index contributed by atoms with van der Waals surface area (Å²) in [4.78, 5) is 5.68. The van der Waals surface area contributed by atoms with E-state index >= 15 is 0 Å². The standard InChI is InChI=1S/C14H13ClN2S/c1-9-2-3-10(12-4-5-13(15)18-12)8-11(9)14-16-6-7-17-14/h2-5,8H,6-7H2,1H3,(H,16,17). The van der Waals surface area contributed by atoms with E-state index in [1.807, 2.05) is 6.07 Å². The van der Waals surface area contributed by atoms with Crippen molar-refractivity contribution >= 4 is 28.8 Å². The summed E-state index contributed by atoms with van der Waals surface area (Å²) in [5.41, 5.74) is 3.63. The van der Waals surface area contributed by atoms with E-state index in [0.29, 0.717) is 0 Å². The number of aryl methyl sites for hydroxylation is 1. The molecule has 1 aromatic carbocycles. The molecular weight excluding hydrogens is 264 g/mol. The van der Waals surface area contributed by atoms with Gasteiger partial charge in [0, 0.05) is 17.0 Å². The van der Waals surface area contributed by atoms with Crippen molar-refractivity contribution in [1.29, 1.82) is 0 Å². The number of hydrogen-bond acceptors (Lipinski definition) is 3. The van der Waals surface area contributed by atoms with Gasteiger partial charge in [-0.3, -0.25) is 4.99 Å². The highest BCUT2D eigenvalue weighted by Crippen LogP contribution is 2.32. The molecule has 0 fully saturated rings. The Bertz CT molecular complexity index is 616. The second-order valence-corrected chi connectivity index (χ2v) is 6.01. The van der Waals surface area contributed by atoms with Crippen LogP contribution in [-0.2, 0) is 0 Å². The number of nitrogens with zero attached hydrogens (tertiary/aromatic N) is 1. The van der Waals surface area contributed by atoms with E-state index in [-0.39, 0.29) is 0 Å². The molecule has 1 aliphatic heterocycles. The molecule has 18 heavy (non-hydrogen) atoms. The second kappa shape index (κ2) is 4.75. The van der Waals surface area contributed by atoms with Crippen LogP contribution in [0.3, 0.4) is 0 Å². The van der Waals surface area contributed by atoms with Gasteiger partial charge in [-0.05, 0) is 36.2 Å². The molecule has 0 aliphatic carbocycles. The third-order valence-corrected chi connectivity index (χ3v) is 4.30.